The fraction of sp³-hybridized carbons (Fsp3) is 0.125. The second-order valence-electron chi connectivity index (χ2n) is 6.04. The highest BCUT2D eigenvalue weighted by Gasteiger charge is 2.05. The highest BCUT2D eigenvalue weighted by atomic mass is 35.5. The van der Waals surface area contributed by atoms with Crippen LogP contribution in [0.2, 0.25) is 0 Å². The van der Waals surface area contributed by atoms with Crippen LogP contribution in [0.5, 0.6) is 0 Å². The number of aliphatic imine (C=N–C) groups is 1. The largest absolute Gasteiger partial charge is 0.269 e. The quantitative estimate of drug-likeness (QED) is 0.517. The van der Waals surface area contributed by atoms with Gasteiger partial charge in [0.2, 0.25) is 0 Å². The summed E-state index contributed by atoms with van der Waals surface area (Å²) < 4.78 is 3.41. The number of halogens is 1. The summed E-state index contributed by atoms with van der Waals surface area (Å²) in [5.41, 5.74) is 4.30. The van der Waals surface area contributed by atoms with Gasteiger partial charge in [0.15, 0.2) is 0 Å². The van der Waals surface area contributed by atoms with Crippen molar-refractivity contribution in [1.29, 1.82) is 0 Å². The van der Waals surface area contributed by atoms with Crippen LogP contribution in [0.15, 0.2) is 99.9 Å². The van der Waals surface area contributed by atoms with Crippen molar-refractivity contribution >= 4 is 28.7 Å². The predicted molar refractivity (Wildman–Crippen MR) is 122 cm³/mol. The van der Waals surface area contributed by atoms with Gasteiger partial charge >= 0.3 is 0 Å². The molecule has 0 atom stereocenters. The number of nitrogens with zero attached hydrogens (tertiary/aromatic N) is 1. The van der Waals surface area contributed by atoms with Crippen molar-refractivity contribution in [2.24, 2.45) is 4.99 Å². The summed E-state index contributed by atoms with van der Waals surface area (Å²) in [6.45, 7) is 3.33. The second-order valence-corrected chi connectivity index (χ2v) is 7.39. The van der Waals surface area contributed by atoms with Crippen LogP contribution < -0.4 is 4.72 Å². The van der Waals surface area contributed by atoms with Crippen LogP contribution in [0, 0.1) is 11.8 Å². The molecule has 0 aliphatic carbocycles. The third-order valence-corrected chi connectivity index (χ3v) is 5.08. The fourth-order valence-electron chi connectivity index (χ4n) is 2.60. The molecule has 1 aliphatic heterocycles. The Kier molecular flexibility index (Phi) is 7.75. The van der Waals surface area contributed by atoms with E-state index in [1.165, 1.54) is 0 Å². The SMILES string of the molecule is C/C=C1\C=C/CN=C(Cl)/C=C\1CNSc1ccc(C#Cc2ccccc2)cc1. The van der Waals surface area contributed by atoms with Crippen LogP contribution in [0.1, 0.15) is 18.1 Å². The van der Waals surface area contributed by atoms with Crippen molar-refractivity contribution < 1.29 is 0 Å². The van der Waals surface area contributed by atoms with Gasteiger partial charge in [-0.3, -0.25) is 9.71 Å². The third kappa shape index (κ3) is 6.28. The average molecular weight is 405 g/mol. The van der Waals surface area contributed by atoms with Gasteiger partial charge in [0.25, 0.3) is 0 Å². The molecule has 0 saturated heterocycles. The van der Waals surface area contributed by atoms with Gasteiger partial charge < -0.3 is 0 Å². The molecule has 0 spiro atoms. The van der Waals surface area contributed by atoms with E-state index >= 15 is 0 Å². The normalized spacial score (nSPS) is 18.1. The van der Waals surface area contributed by atoms with Crippen molar-refractivity contribution in [3.05, 3.63) is 101 Å². The molecule has 0 saturated carbocycles. The van der Waals surface area contributed by atoms with Crippen molar-refractivity contribution in [1.82, 2.24) is 4.72 Å². The van der Waals surface area contributed by atoms with Crippen molar-refractivity contribution in [3.8, 4) is 11.8 Å². The summed E-state index contributed by atoms with van der Waals surface area (Å²) in [6.07, 6.45) is 8.12. The molecule has 2 nitrogen and oxygen atoms in total. The molecule has 0 aromatic heterocycles. The maximum absolute atomic E-state index is 6.16. The molecule has 1 aliphatic rings. The van der Waals surface area contributed by atoms with E-state index in [4.69, 9.17) is 11.6 Å². The zero-order valence-electron chi connectivity index (χ0n) is 15.7. The molecule has 3 rings (SSSR count). The first-order valence-corrected chi connectivity index (χ1v) is 10.2. The number of rotatable bonds is 4. The maximum atomic E-state index is 6.16. The predicted octanol–water partition coefficient (Wildman–Crippen LogP) is 5.76. The van der Waals surface area contributed by atoms with E-state index < -0.39 is 0 Å². The molecule has 0 bridgehead atoms. The first-order chi connectivity index (χ1) is 13.7. The van der Waals surface area contributed by atoms with Crippen LogP contribution in [-0.2, 0) is 0 Å². The topological polar surface area (TPSA) is 24.4 Å². The molecular weight excluding hydrogens is 384 g/mol. The first kappa shape index (κ1) is 20.2. The summed E-state index contributed by atoms with van der Waals surface area (Å²) in [5, 5.41) is 0.534. The molecule has 2 aromatic rings. The monoisotopic (exact) mass is 404 g/mol. The van der Waals surface area contributed by atoms with Gasteiger partial charge in [0, 0.05) is 22.6 Å². The lowest BCUT2D eigenvalue weighted by Gasteiger charge is -2.11. The highest BCUT2D eigenvalue weighted by Crippen LogP contribution is 2.19. The first-order valence-electron chi connectivity index (χ1n) is 9.05. The number of benzene rings is 2. The van der Waals surface area contributed by atoms with Gasteiger partial charge in [-0.05, 0) is 72.5 Å². The Hall–Kier alpha value is -2.51. The summed E-state index contributed by atoms with van der Waals surface area (Å²) in [7, 11) is 0. The third-order valence-electron chi connectivity index (χ3n) is 4.05. The molecule has 0 unspecified atom stereocenters. The van der Waals surface area contributed by atoms with Crippen LogP contribution in [0.25, 0.3) is 0 Å². The summed E-state index contributed by atoms with van der Waals surface area (Å²) in [6, 6.07) is 18.2. The fourth-order valence-corrected chi connectivity index (χ4v) is 3.47. The Balaban J connectivity index is 1.58. The van der Waals surface area contributed by atoms with Gasteiger partial charge in [-0.2, -0.15) is 0 Å². The minimum atomic E-state index is 0.534. The molecule has 0 radical (unpaired) electrons. The summed E-state index contributed by atoms with van der Waals surface area (Å²) in [4.78, 5) is 5.40. The number of allylic oxidation sites excluding steroid dienone is 3. The zero-order chi connectivity index (χ0) is 19.6. The van der Waals surface area contributed by atoms with Gasteiger partial charge in [-0.25, -0.2) is 0 Å². The second kappa shape index (κ2) is 10.7. The minimum absolute atomic E-state index is 0.534. The van der Waals surface area contributed by atoms with Gasteiger partial charge in [0.1, 0.15) is 5.17 Å². The Morgan fingerprint density at radius 2 is 1.79 bits per heavy atom. The lowest BCUT2D eigenvalue weighted by molar-refractivity contribution is 1.06. The van der Waals surface area contributed by atoms with E-state index in [1.54, 1.807) is 11.9 Å². The lowest BCUT2D eigenvalue weighted by Crippen LogP contribution is -2.11. The van der Waals surface area contributed by atoms with E-state index in [0.717, 1.165) is 27.2 Å². The average Bonchev–Trinajstić information content (AvgIpc) is 2.72. The van der Waals surface area contributed by atoms with Crippen LogP contribution in [0.4, 0.5) is 0 Å². The molecule has 0 amide bonds. The Morgan fingerprint density at radius 1 is 1.07 bits per heavy atom. The van der Waals surface area contributed by atoms with Gasteiger partial charge in [-0.15, -0.1) is 0 Å². The van der Waals surface area contributed by atoms with E-state index in [9.17, 15) is 0 Å². The van der Waals surface area contributed by atoms with Crippen LogP contribution in [-0.4, -0.2) is 18.3 Å². The van der Waals surface area contributed by atoms with E-state index in [2.05, 4.69) is 45.8 Å². The molecule has 1 N–H and O–H groups in total. The molecular formula is C24H21ClN2S. The molecule has 140 valence electrons. The summed E-state index contributed by atoms with van der Waals surface area (Å²) >= 11 is 7.75. The van der Waals surface area contributed by atoms with Crippen molar-refractivity contribution in [3.63, 3.8) is 0 Å². The number of hydrogen-bond donors (Lipinski definition) is 1. The van der Waals surface area contributed by atoms with Gasteiger partial charge in [0.05, 0.1) is 6.54 Å². The molecule has 0 fully saturated rings. The van der Waals surface area contributed by atoms with E-state index in [1.807, 2.05) is 61.5 Å². The molecule has 2 aromatic carbocycles. The highest BCUT2D eigenvalue weighted by molar-refractivity contribution is 7.97. The molecule has 28 heavy (non-hydrogen) atoms. The maximum Gasteiger partial charge on any atom is 0.124 e. The lowest BCUT2D eigenvalue weighted by atomic mass is 10.0. The van der Waals surface area contributed by atoms with E-state index in [-0.39, 0.29) is 0 Å². The Labute approximate surface area is 176 Å². The smallest absolute Gasteiger partial charge is 0.124 e. The van der Waals surface area contributed by atoms with E-state index in [0.29, 0.717) is 18.3 Å². The van der Waals surface area contributed by atoms with Gasteiger partial charge in [-0.1, -0.05) is 59.9 Å². The number of hydrogen-bond acceptors (Lipinski definition) is 3. The van der Waals surface area contributed by atoms with Crippen molar-refractivity contribution in [2.75, 3.05) is 13.1 Å². The standard InChI is InChI=1S/C24H21ClN2S/c1-2-21-9-6-16-26-24(25)17-22(21)18-27-28-23-14-12-20(13-15-23)11-10-19-7-4-3-5-8-19/h2-9,12-15,17,27H,16,18H2,1H3/b9-6-,21-2+,22-17-,26-24?. The summed E-state index contributed by atoms with van der Waals surface area (Å²) in [5.74, 6) is 6.37. The Morgan fingerprint density at radius 3 is 2.50 bits per heavy atom. The molecule has 1 heterocycles. The van der Waals surface area contributed by atoms with Crippen LogP contribution in [0.3, 0.4) is 0 Å². The zero-order valence-corrected chi connectivity index (χ0v) is 17.2. The van der Waals surface area contributed by atoms with Crippen LogP contribution >= 0.6 is 23.5 Å². The van der Waals surface area contributed by atoms with Crippen molar-refractivity contribution in [2.45, 2.75) is 11.8 Å². The number of nitrogens with one attached hydrogen (secondary N) is 1. The Bertz CT molecular complexity index is 975. The minimum Gasteiger partial charge on any atom is -0.269 e. The molecule has 4 heteroatoms.